The number of rotatable bonds is 25. The third-order valence-electron chi connectivity index (χ3n) is 6.70. The van der Waals surface area contributed by atoms with E-state index in [1.165, 1.54) is 154 Å². The summed E-state index contributed by atoms with van der Waals surface area (Å²) in [5, 5.41) is 0. The van der Waals surface area contributed by atoms with E-state index in [4.69, 9.17) is 0 Å². The van der Waals surface area contributed by atoms with E-state index in [-0.39, 0.29) is 0 Å². The molecule has 0 N–H and O–H groups in total. The number of unbranched alkanes of at least 4 members (excludes halogenated alkanes) is 21. The molecule has 0 bridgehead atoms. The first kappa shape index (κ1) is 29.7. The Balaban J connectivity index is 3.16. The van der Waals surface area contributed by atoms with E-state index >= 15 is 0 Å². The lowest BCUT2D eigenvalue weighted by Crippen LogP contribution is -1.90. The molecular formula is C30H60. The molecule has 0 amide bonds. The highest BCUT2D eigenvalue weighted by molar-refractivity contribution is 4.86. The van der Waals surface area contributed by atoms with Gasteiger partial charge in [-0.3, -0.25) is 0 Å². The second-order valence-electron chi connectivity index (χ2n) is 10.1. The van der Waals surface area contributed by atoms with Crippen molar-refractivity contribution < 1.29 is 0 Å². The molecule has 0 saturated carbocycles. The highest BCUT2D eigenvalue weighted by Crippen LogP contribution is 2.16. The van der Waals surface area contributed by atoms with Crippen LogP contribution in [0.25, 0.3) is 0 Å². The van der Waals surface area contributed by atoms with Gasteiger partial charge in [0.1, 0.15) is 0 Å². The van der Waals surface area contributed by atoms with Crippen LogP contribution in [-0.4, -0.2) is 0 Å². The van der Waals surface area contributed by atoms with Crippen LogP contribution in [0.1, 0.15) is 175 Å². The van der Waals surface area contributed by atoms with E-state index in [0.717, 1.165) is 5.92 Å². The van der Waals surface area contributed by atoms with Crippen molar-refractivity contribution in [3.8, 4) is 0 Å². The molecule has 0 aromatic heterocycles. The second-order valence-corrected chi connectivity index (χ2v) is 10.1. The predicted octanol–water partition coefficient (Wildman–Crippen LogP) is 11.6. The molecule has 0 aromatic carbocycles. The number of allylic oxidation sites excluding steroid dienone is 2. The zero-order chi connectivity index (χ0) is 22.0. The van der Waals surface area contributed by atoms with Gasteiger partial charge in [-0.2, -0.15) is 0 Å². The average Bonchev–Trinajstić information content (AvgIpc) is 2.75. The summed E-state index contributed by atoms with van der Waals surface area (Å²) in [7, 11) is 0. The summed E-state index contributed by atoms with van der Waals surface area (Å²) < 4.78 is 0. The van der Waals surface area contributed by atoms with Crippen molar-refractivity contribution in [2.75, 3.05) is 0 Å². The van der Waals surface area contributed by atoms with Crippen molar-refractivity contribution in [3.63, 3.8) is 0 Å². The molecule has 0 aliphatic heterocycles. The third-order valence-corrected chi connectivity index (χ3v) is 6.70. The van der Waals surface area contributed by atoms with Gasteiger partial charge < -0.3 is 0 Å². The van der Waals surface area contributed by atoms with Crippen LogP contribution in [0.5, 0.6) is 0 Å². The first-order valence-electron chi connectivity index (χ1n) is 14.5. The Hall–Kier alpha value is -0.260. The Labute approximate surface area is 193 Å². The first-order chi connectivity index (χ1) is 14.8. The van der Waals surface area contributed by atoms with E-state index in [1.807, 2.05) is 0 Å². The van der Waals surface area contributed by atoms with E-state index < -0.39 is 0 Å². The Bertz CT molecular complexity index is 316. The van der Waals surface area contributed by atoms with Crippen LogP contribution in [0, 0.1) is 5.92 Å². The molecule has 0 nitrogen and oxygen atoms in total. The summed E-state index contributed by atoms with van der Waals surface area (Å²) in [5.41, 5.74) is 0. The summed E-state index contributed by atoms with van der Waals surface area (Å²) in [6.45, 7) is 7.00. The third kappa shape index (κ3) is 25.8. The molecule has 0 fully saturated rings. The van der Waals surface area contributed by atoms with Gasteiger partial charge in [0.15, 0.2) is 0 Å². The maximum atomic E-state index is 2.48. The maximum absolute atomic E-state index is 2.48. The van der Waals surface area contributed by atoms with Crippen molar-refractivity contribution in [1.82, 2.24) is 0 Å². The highest BCUT2D eigenvalue weighted by atomic mass is 14.0. The van der Waals surface area contributed by atoms with Crippen molar-refractivity contribution >= 4 is 0 Å². The minimum absolute atomic E-state index is 0.789. The topological polar surface area (TPSA) is 0 Å². The first-order valence-corrected chi connectivity index (χ1v) is 14.5. The zero-order valence-electron chi connectivity index (χ0n) is 21.7. The molecule has 0 heterocycles. The average molecular weight is 421 g/mol. The molecule has 1 unspecified atom stereocenters. The van der Waals surface area contributed by atoms with E-state index in [2.05, 4.69) is 32.9 Å². The fourth-order valence-electron chi connectivity index (χ4n) is 4.48. The monoisotopic (exact) mass is 420 g/mol. The Kier molecular flexibility index (Phi) is 26.5. The van der Waals surface area contributed by atoms with Crippen LogP contribution in [0.4, 0.5) is 0 Å². The van der Waals surface area contributed by atoms with Gasteiger partial charge in [-0.15, -0.1) is 0 Å². The van der Waals surface area contributed by atoms with E-state index in [9.17, 15) is 0 Å². The molecule has 0 spiro atoms. The molecule has 1 atom stereocenters. The van der Waals surface area contributed by atoms with Crippen LogP contribution < -0.4 is 0 Å². The van der Waals surface area contributed by atoms with Gasteiger partial charge in [0, 0.05) is 0 Å². The summed E-state index contributed by atoms with van der Waals surface area (Å²) in [6.07, 6.45) is 39.5. The minimum atomic E-state index is 0.789. The Morgan fingerprint density at radius 1 is 0.433 bits per heavy atom. The second kappa shape index (κ2) is 26.8. The van der Waals surface area contributed by atoms with Crippen LogP contribution >= 0.6 is 0 Å². The lowest BCUT2D eigenvalue weighted by molar-refractivity contribution is 0.515. The van der Waals surface area contributed by atoms with Gasteiger partial charge in [0.05, 0.1) is 0 Å². The predicted molar refractivity (Wildman–Crippen MR) is 140 cm³/mol. The summed E-state index contributed by atoms with van der Waals surface area (Å²) in [6, 6.07) is 0. The molecule has 0 saturated heterocycles. The van der Waals surface area contributed by atoms with Gasteiger partial charge in [-0.05, 0) is 25.2 Å². The molecule has 0 aliphatic rings. The highest BCUT2D eigenvalue weighted by Gasteiger charge is 1.98. The van der Waals surface area contributed by atoms with Crippen LogP contribution in [0.2, 0.25) is 0 Å². The molecular weight excluding hydrogens is 360 g/mol. The van der Waals surface area contributed by atoms with E-state index in [1.54, 1.807) is 0 Å². The molecule has 0 aromatic rings. The van der Waals surface area contributed by atoms with Crippen molar-refractivity contribution in [2.24, 2.45) is 5.92 Å². The fraction of sp³-hybridized carbons (Fsp3) is 0.933. The molecule has 0 radical (unpaired) electrons. The van der Waals surface area contributed by atoms with Crippen molar-refractivity contribution in [3.05, 3.63) is 12.2 Å². The van der Waals surface area contributed by atoms with Crippen LogP contribution in [0.15, 0.2) is 12.2 Å². The minimum Gasteiger partial charge on any atom is -0.0883 e. The normalized spacial score (nSPS) is 12.8. The largest absolute Gasteiger partial charge is 0.0883 e. The van der Waals surface area contributed by atoms with Gasteiger partial charge in [0.25, 0.3) is 0 Å². The van der Waals surface area contributed by atoms with E-state index in [0.29, 0.717) is 0 Å². The SMILES string of the molecule is CCCCCCC/C=C/C(C)CCCCCCCCCCCCCCCCCCC. The Morgan fingerprint density at radius 3 is 1.17 bits per heavy atom. The smallest absolute Gasteiger partial charge is 0.0262 e. The zero-order valence-corrected chi connectivity index (χ0v) is 21.7. The van der Waals surface area contributed by atoms with Gasteiger partial charge in [0.2, 0.25) is 0 Å². The van der Waals surface area contributed by atoms with Crippen molar-refractivity contribution in [1.29, 1.82) is 0 Å². The summed E-state index contributed by atoms with van der Waals surface area (Å²) >= 11 is 0. The van der Waals surface area contributed by atoms with Crippen molar-refractivity contribution in [2.45, 2.75) is 175 Å². The molecule has 0 rings (SSSR count). The van der Waals surface area contributed by atoms with Crippen LogP contribution in [0.3, 0.4) is 0 Å². The molecule has 0 aliphatic carbocycles. The fourth-order valence-corrected chi connectivity index (χ4v) is 4.48. The lowest BCUT2D eigenvalue weighted by atomic mass is 10.00. The molecule has 30 heavy (non-hydrogen) atoms. The Morgan fingerprint density at radius 2 is 0.767 bits per heavy atom. The van der Waals surface area contributed by atoms with Crippen LogP contribution in [-0.2, 0) is 0 Å². The summed E-state index contributed by atoms with van der Waals surface area (Å²) in [5.74, 6) is 0.789. The molecule has 180 valence electrons. The number of hydrogen-bond acceptors (Lipinski definition) is 0. The quantitative estimate of drug-likeness (QED) is 0.102. The van der Waals surface area contributed by atoms with Gasteiger partial charge in [-0.25, -0.2) is 0 Å². The molecule has 0 heteroatoms. The number of hydrogen-bond donors (Lipinski definition) is 0. The standard InChI is InChI=1S/C30H60/c1-4-6-8-10-12-13-14-15-16-17-18-19-20-21-23-25-27-29-30(3)28-26-24-22-11-9-7-5-2/h26,28,30H,4-25,27,29H2,1-3H3/b28-26+. The lowest BCUT2D eigenvalue weighted by Gasteiger charge is -2.06. The van der Waals surface area contributed by atoms with Gasteiger partial charge in [-0.1, -0.05) is 168 Å². The maximum Gasteiger partial charge on any atom is -0.0262 e. The van der Waals surface area contributed by atoms with Gasteiger partial charge >= 0.3 is 0 Å². The summed E-state index contributed by atoms with van der Waals surface area (Å²) in [4.78, 5) is 0.